The molecule has 0 bridgehead atoms. The molecule has 128 valence electrons. The Bertz CT molecular complexity index is 665. The Kier molecular flexibility index (Phi) is 6.81. The van der Waals surface area contributed by atoms with Gasteiger partial charge < -0.3 is 13.3 Å². The van der Waals surface area contributed by atoms with E-state index in [0.717, 1.165) is 0 Å². The van der Waals surface area contributed by atoms with Crippen molar-refractivity contribution in [1.29, 1.82) is 0 Å². The zero-order valence-corrected chi connectivity index (χ0v) is 16.3. The van der Waals surface area contributed by atoms with Gasteiger partial charge in [-0.25, -0.2) is 0 Å². The Balaban J connectivity index is 0.00000225. The molecule has 0 spiro atoms. The van der Waals surface area contributed by atoms with Gasteiger partial charge in [-0.15, -0.1) is 0 Å². The molecule has 0 aliphatic heterocycles. The van der Waals surface area contributed by atoms with Gasteiger partial charge in [-0.3, -0.25) is 0 Å². The highest BCUT2D eigenvalue weighted by Gasteiger charge is 2.46. The fourth-order valence-corrected chi connectivity index (χ4v) is 3.91. The highest BCUT2D eigenvalue weighted by molar-refractivity contribution is 6.92. The molecule has 0 N–H and O–H groups in total. The van der Waals surface area contributed by atoms with E-state index in [1.54, 1.807) is 5.70 Å². The van der Waals surface area contributed by atoms with Crippen molar-refractivity contribution in [3.8, 4) is 17.2 Å². The maximum absolute atomic E-state index is 6.14. The first-order chi connectivity index (χ1) is 11.8. The number of hydrogen-bond acceptors (Lipinski definition) is 3. The molecule has 0 aromatic heterocycles. The lowest BCUT2D eigenvalue weighted by molar-refractivity contribution is 0.279. The van der Waals surface area contributed by atoms with Crippen LogP contribution in [0.1, 0.15) is 0 Å². The summed E-state index contributed by atoms with van der Waals surface area (Å²) < 4.78 is 18.4. The highest BCUT2D eigenvalue weighted by Crippen LogP contribution is 2.24. The Hall–Kier alpha value is -2.55. The average molecular weight is 368 g/mol. The van der Waals surface area contributed by atoms with E-state index in [2.05, 4.69) is 6.58 Å². The predicted molar refractivity (Wildman–Crippen MR) is 108 cm³/mol. The standard InChI is InChI=1S/C20H18O3Si.H3P/c1-2-24(21-18-12-6-3-7-13-18,22-19-14-8-4-9-15-19)23-20-16-10-5-11-17-20;/h2-17H,1H2;1H3. The first-order valence-electron chi connectivity index (χ1n) is 7.65. The molecule has 3 rings (SSSR count). The Labute approximate surface area is 152 Å². The van der Waals surface area contributed by atoms with Crippen LogP contribution in [0.25, 0.3) is 0 Å². The topological polar surface area (TPSA) is 27.7 Å². The summed E-state index contributed by atoms with van der Waals surface area (Å²) in [6, 6.07) is 28.4. The van der Waals surface area contributed by atoms with Gasteiger partial charge in [0.25, 0.3) is 0 Å². The van der Waals surface area contributed by atoms with E-state index in [4.69, 9.17) is 13.3 Å². The fraction of sp³-hybridized carbons (Fsp3) is 0. The third kappa shape index (κ3) is 5.21. The van der Waals surface area contributed by atoms with Crippen molar-refractivity contribution in [3.63, 3.8) is 0 Å². The van der Waals surface area contributed by atoms with E-state index < -0.39 is 8.80 Å². The molecule has 0 aliphatic carbocycles. The zero-order valence-electron chi connectivity index (χ0n) is 13.9. The monoisotopic (exact) mass is 368 g/mol. The molecule has 0 amide bonds. The molecule has 0 fully saturated rings. The predicted octanol–water partition coefficient (Wildman–Crippen LogP) is 4.95. The molecule has 3 aromatic rings. The average Bonchev–Trinajstić information content (AvgIpc) is 2.64. The summed E-state index contributed by atoms with van der Waals surface area (Å²) in [4.78, 5) is 0. The molecule has 0 aliphatic rings. The van der Waals surface area contributed by atoms with Crippen molar-refractivity contribution < 1.29 is 13.3 Å². The van der Waals surface area contributed by atoms with Crippen LogP contribution in [0.5, 0.6) is 17.2 Å². The Morgan fingerprint density at radius 2 is 0.840 bits per heavy atom. The third-order valence-electron chi connectivity index (χ3n) is 3.26. The summed E-state index contributed by atoms with van der Waals surface area (Å²) in [6.45, 7) is 3.91. The maximum atomic E-state index is 6.14. The molecular weight excluding hydrogens is 347 g/mol. The molecule has 1 unspecified atom stereocenters. The highest BCUT2D eigenvalue weighted by atomic mass is 31.0. The first kappa shape index (κ1) is 18.8. The first-order valence-corrected chi connectivity index (χ1v) is 9.46. The molecule has 0 saturated carbocycles. The molecule has 3 aromatic carbocycles. The van der Waals surface area contributed by atoms with Crippen LogP contribution in [0.4, 0.5) is 0 Å². The summed E-state index contributed by atoms with van der Waals surface area (Å²) in [5.41, 5.74) is 1.64. The quantitative estimate of drug-likeness (QED) is 0.436. The van der Waals surface area contributed by atoms with E-state index in [-0.39, 0.29) is 9.90 Å². The summed E-state index contributed by atoms with van der Waals surface area (Å²) in [5.74, 6) is 2.03. The van der Waals surface area contributed by atoms with Crippen LogP contribution in [0.3, 0.4) is 0 Å². The minimum absolute atomic E-state index is 0. The van der Waals surface area contributed by atoms with Crippen molar-refractivity contribution in [2.75, 3.05) is 0 Å². The maximum Gasteiger partial charge on any atom is 0.728 e. The lowest BCUT2D eigenvalue weighted by Gasteiger charge is -2.27. The molecule has 1 atom stereocenters. The van der Waals surface area contributed by atoms with E-state index in [9.17, 15) is 0 Å². The van der Waals surface area contributed by atoms with Crippen molar-refractivity contribution in [1.82, 2.24) is 0 Å². The van der Waals surface area contributed by atoms with Gasteiger partial charge >= 0.3 is 8.80 Å². The van der Waals surface area contributed by atoms with E-state index in [0.29, 0.717) is 17.2 Å². The van der Waals surface area contributed by atoms with Crippen LogP contribution in [0.2, 0.25) is 0 Å². The third-order valence-corrected chi connectivity index (χ3v) is 5.32. The smallest absolute Gasteiger partial charge is 0.480 e. The molecule has 0 radical (unpaired) electrons. The molecule has 0 saturated heterocycles. The second kappa shape index (κ2) is 9.07. The molecule has 0 heterocycles. The lowest BCUT2D eigenvalue weighted by Crippen LogP contribution is -2.53. The van der Waals surface area contributed by atoms with E-state index in [1.807, 2.05) is 91.0 Å². The Morgan fingerprint density at radius 1 is 0.560 bits per heavy atom. The fourth-order valence-electron chi connectivity index (χ4n) is 2.15. The van der Waals surface area contributed by atoms with E-state index >= 15 is 0 Å². The number of para-hydroxylation sites is 3. The van der Waals surface area contributed by atoms with Crippen molar-refractivity contribution in [2.45, 2.75) is 0 Å². The van der Waals surface area contributed by atoms with Crippen LogP contribution < -0.4 is 13.3 Å². The number of hydrogen-bond donors (Lipinski definition) is 0. The molecular formula is C20H21O3PSi. The van der Waals surface area contributed by atoms with Gasteiger partial charge in [0, 0.05) is 5.70 Å². The summed E-state index contributed by atoms with van der Waals surface area (Å²) in [6.07, 6.45) is 0. The number of benzene rings is 3. The zero-order chi connectivity index (χ0) is 16.7. The molecule has 3 nitrogen and oxygen atoms in total. The summed E-state index contributed by atoms with van der Waals surface area (Å²) in [5, 5.41) is 0. The summed E-state index contributed by atoms with van der Waals surface area (Å²) >= 11 is 0. The largest absolute Gasteiger partial charge is 0.728 e. The van der Waals surface area contributed by atoms with Crippen molar-refractivity contribution in [2.24, 2.45) is 0 Å². The second-order valence-electron chi connectivity index (χ2n) is 5.05. The van der Waals surface area contributed by atoms with Crippen molar-refractivity contribution in [3.05, 3.63) is 103 Å². The van der Waals surface area contributed by atoms with Gasteiger partial charge in [-0.05, 0) is 36.4 Å². The minimum Gasteiger partial charge on any atom is -0.480 e. The molecule has 5 heteroatoms. The van der Waals surface area contributed by atoms with Gasteiger partial charge in [-0.2, -0.15) is 9.90 Å². The minimum atomic E-state index is -3.23. The lowest BCUT2D eigenvalue weighted by atomic mass is 10.3. The molecule has 25 heavy (non-hydrogen) atoms. The van der Waals surface area contributed by atoms with Crippen LogP contribution in [0.15, 0.2) is 103 Å². The van der Waals surface area contributed by atoms with Crippen molar-refractivity contribution >= 4 is 18.7 Å². The van der Waals surface area contributed by atoms with Gasteiger partial charge in [0.15, 0.2) is 0 Å². The normalized spacial score (nSPS) is 10.2. The van der Waals surface area contributed by atoms with Gasteiger partial charge in [0.2, 0.25) is 0 Å². The summed E-state index contributed by atoms with van der Waals surface area (Å²) in [7, 11) is -3.23. The van der Waals surface area contributed by atoms with Crippen LogP contribution in [-0.4, -0.2) is 8.80 Å². The van der Waals surface area contributed by atoms with Crippen LogP contribution >= 0.6 is 9.90 Å². The van der Waals surface area contributed by atoms with Gasteiger partial charge in [0.05, 0.1) is 0 Å². The van der Waals surface area contributed by atoms with Gasteiger partial charge in [-0.1, -0.05) is 61.2 Å². The SMILES string of the molecule is C=C[Si](Oc1ccccc1)(Oc1ccccc1)Oc1ccccc1.P. The van der Waals surface area contributed by atoms with Crippen LogP contribution in [-0.2, 0) is 0 Å². The van der Waals surface area contributed by atoms with Gasteiger partial charge in [0.1, 0.15) is 17.2 Å². The number of rotatable bonds is 7. The van der Waals surface area contributed by atoms with Crippen LogP contribution in [0, 0.1) is 0 Å². The second-order valence-corrected chi connectivity index (χ2v) is 7.28. The van der Waals surface area contributed by atoms with E-state index in [1.165, 1.54) is 0 Å². The Morgan fingerprint density at radius 3 is 1.08 bits per heavy atom.